The quantitative estimate of drug-likeness (QED) is 0.846. The minimum Gasteiger partial charge on any atom is -0.307 e. The van der Waals surface area contributed by atoms with Gasteiger partial charge in [-0.15, -0.1) is 0 Å². The van der Waals surface area contributed by atoms with Crippen LogP contribution in [0, 0.1) is 0 Å². The van der Waals surface area contributed by atoms with E-state index in [-0.39, 0.29) is 0 Å². The van der Waals surface area contributed by atoms with Crippen molar-refractivity contribution in [3.05, 3.63) is 33.8 Å². The van der Waals surface area contributed by atoms with Gasteiger partial charge in [0.25, 0.3) is 0 Å². The van der Waals surface area contributed by atoms with Gasteiger partial charge in [0.1, 0.15) is 0 Å². The van der Waals surface area contributed by atoms with E-state index in [1.54, 1.807) is 0 Å². The van der Waals surface area contributed by atoms with Crippen LogP contribution in [0.25, 0.3) is 0 Å². The van der Waals surface area contributed by atoms with Crippen molar-refractivity contribution in [2.24, 2.45) is 0 Å². The zero-order chi connectivity index (χ0) is 13.0. The van der Waals surface area contributed by atoms with E-state index >= 15 is 0 Å². The lowest BCUT2D eigenvalue weighted by atomic mass is 10.0. The third-order valence-electron chi connectivity index (χ3n) is 3.41. The standard InChI is InChI=1S/C14H19Cl2NS/c1-2-14(17-11-5-7-18-8-6-11)10-3-4-12(15)13(16)9-10/h3-4,9,11,14,17H,2,5-8H2,1H3. The zero-order valence-corrected chi connectivity index (χ0v) is 12.9. The summed E-state index contributed by atoms with van der Waals surface area (Å²) in [4.78, 5) is 0. The fraction of sp³-hybridized carbons (Fsp3) is 0.571. The summed E-state index contributed by atoms with van der Waals surface area (Å²) in [6.07, 6.45) is 3.60. The Labute approximate surface area is 124 Å². The number of hydrogen-bond donors (Lipinski definition) is 1. The average Bonchev–Trinajstić information content (AvgIpc) is 2.40. The highest BCUT2D eigenvalue weighted by molar-refractivity contribution is 7.99. The number of benzene rings is 1. The Balaban J connectivity index is 2.04. The molecule has 1 aromatic carbocycles. The van der Waals surface area contributed by atoms with Crippen LogP contribution in [0.3, 0.4) is 0 Å². The normalized spacial score (nSPS) is 18.8. The molecule has 1 atom stereocenters. The van der Waals surface area contributed by atoms with Gasteiger partial charge in [-0.3, -0.25) is 0 Å². The molecule has 1 aromatic rings. The molecule has 1 aliphatic heterocycles. The van der Waals surface area contributed by atoms with Crippen LogP contribution < -0.4 is 5.32 Å². The van der Waals surface area contributed by atoms with Crippen LogP contribution in [0.2, 0.25) is 10.0 Å². The molecule has 0 saturated carbocycles. The van der Waals surface area contributed by atoms with Crippen LogP contribution in [0.4, 0.5) is 0 Å². The Hall–Kier alpha value is 0.110. The Morgan fingerprint density at radius 1 is 1.28 bits per heavy atom. The first-order valence-electron chi connectivity index (χ1n) is 6.49. The van der Waals surface area contributed by atoms with Crippen molar-refractivity contribution in [3.8, 4) is 0 Å². The summed E-state index contributed by atoms with van der Waals surface area (Å²) in [5.41, 5.74) is 1.24. The molecule has 18 heavy (non-hydrogen) atoms. The van der Waals surface area contributed by atoms with Crippen LogP contribution in [0.5, 0.6) is 0 Å². The van der Waals surface area contributed by atoms with Crippen molar-refractivity contribution in [1.29, 1.82) is 0 Å². The Morgan fingerprint density at radius 2 is 2.00 bits per heavy atom. The van der Waals surface area contributed by atoms with E-state index in [2.05, 4.69) is 30.1 Å². The number of thioether (sulfide) groups is 1. The molecule has 0 amide bonds. The molecule has 1 nitrogen and oxygen atoms in total. The third-order valence-corrected chi connectivity index (χ3v) is 5.20. The topological polar surface area (TPSA) is 12.0 Å². The Kier molecular flexibility index (Phi) is 5.68. The summed E-state index contributed by atoms with van der Waals surface area (Å²) >= 11 is 14.1. The van der Waals surface area contributed by atoms with Crippen LogP contribution in [0.15, 0.2) is 18.2 Å². The molecule has 0 aromatic heterocycles. The van der Waals surface area contributed by atoms with Crippen LogP contribution >= 0.6 is 35.0 Å². The molecule has 1 N–H and O–H groups in total. The molecule has 1 aliphatic rings. The summed E-state index contributed by atoms with van der Waals surface area (Å²) in [6, 6.07) is 6.98. The molecule has 100 valence electrons. The van der Waals surface area contributed by atoms with Gasteiger partial charge in [0, 0.05) is 12.1 Å². The molecular formula is C14H19Cl2NS. The molecule has 1 saturated heterocycles. The Morgan fingerprint density at radius 3 is 2.61 bits per heavy atom. The van der Waals surface area contributed by atoms with Gasteiger partial charge in [-0.25, -0.2) is 0 Å². The second-order valence-electron chi connectivity index (χ2n) is 4.69. The zero-order valence-electron chi connectivity index (χ0n) is 10.6. The van der Waals surface area contributed by atoms with E-state index in [1.807, 2.05) is 12.1 Å². The highest BCUT2D eigenvalue weighted by Crippen LogP contribution is 2.28. The summed E-state index contributed by atoms with van der Waals surface area (Å²) < 4.78 is 0. The van der Waals surface area contributed by atoms with Crippen LogP contribution in [-0.2, 0) is 0 Å². The molecule has 2 rings (SSSR count). The molecule has 1 unspecified atom stereocenters. The minimum atomic E-state index is 0.382. The largest absolute Gasteiger partial charge is 0.307 e. The highest BCUT2D eigenvalue weighted by Gasteiger charge is 2.18. The van der Waals surface area contributed by atoms with Crippen molar-refractivity contribution in [2.45, 2.75) is 38.3 Å². The molecule has 0 spiro atoms. The van der Waals surface area contributed by atoms with Gasteiger partial charge in [0.2, 0.25) is 0 Å². The van der Waals surface area contributed by atoms with Gasteiger partial charge in [-0.1, -0.05) is 36.2 Å². The first-order chi connectivity index (χ1) is 8.70. The third kappa shape index (κ3) is 3.80. The van der Waals surface area contributed by atoms with Crippen molar-refractivity contribution in [3.63, 3.8) is 0 Å². The smallest absolute Gasteiger partial charge is 0.0595 e. The van der Waals surface area contributed by atoms with Gasteiger partial charge in [-0.2, -0.15) is 11.8 Å². The first kappa shape index (κ1) is 14.5. The summed E-state index contributed by atoms with van der Waals surface area (Å²) in [5, 5.41) is 5.03. The van der Waals surface area contributed by atoms with E-state index in [0.29, 0.717) is 22.1 Å². The van der Waals surface area contributed by atoms with E-state index < -0.39 is 0 Å². The maximum atomic E-state index is 6.09. The van der Waals surface area contributed by atoms with Crippen LogP contribution in [0.1, 0.15) is 37.8 Å². The molecule has 0 aliphatic carbocycles. The Bertz CT molecular complexity index is 391. The fourth-order valence-corrected chi connectivity index (χ4v) is 3.74. The lowest BCUT2D eigenvalue weighted by Gasteiger charge is -2.28. The predicted octanol–water partition coefficient (Wildman–Crippen LogP) is 4.93. The second kappa shape index (κ2) is 7.04. The maximum Gasteiger partial charge on any atom is 0.0595 e. The van der Waals surface area contributed by atoms with E-state index in [4.69, 9.17) is 23.2 Å². The van der Waals surface area contributed by atoms with Gasteiger partial charge in [-0.05, 0) is 48.5 Å². The average molecular weight is 304 g/mol. The van der Waals surface area contributed by atoms with Crippen molar-refractivity contribution in [2.75, 3.05) is 11.5 Å². The fourth-order valence-electron chi connectivity index (χ4n) is 2.33. The highest BCUT2D eigenvalue weighted by atomic mass is 35.5. The summed E-state index contributed by atoms with van der Waals surface area (Å²) in [5.74, 6) is 2.55. The van der Waals surface area contributed by atoms with Gasteiger partial charge >= 0.3 is 0 Å². The van der Waals surface area contributed by atoms with Gasteiger partial charge in [0.05, 0.1) is 10.0 Å². The lowest BCUT2D eigenvalue weighted by Crippen LogP contribution is -2.35. The number of halogens is 2. The monoisotopic (exact) mass is 303 g/mol. The SMILES string of the molecule is CCC(NC1CCSCC1)c1ccc(Cl)c(Cl)c1. The lowest BCUT2D eigenvalue weighted by molar-refractivity contribution is 0.406. The predicted molar refractivity (Wildman–Crippen MR) is 83.0 cm³/mol. The molecule has 0 radical (unpaired) electrons. The molecular weight excluding hydrogens is 285 g/mol. The first-order valence-corrected chi connectivity index (χ1v) is 8.40. The minimum absolute atomic E-state index is 0.382. The van der Waals surface area contributed by atoms with Crippen LogP contribution in [-0.4, -0.2) is 17.5 Å². The van der Waals surface area contributed by atoms with Crippen molar-refractivity contribution >= 4 is 35.0 Å². The molecule has 0 bridgehead atoms. The van der Waals surface area contributed by atoms with E-state index in [1.165, 1.54) is 29.9 Å². The van der Waals surface area contributed by atoms with E-state index in [9.17, 15) is 0 Å². The van der Waals surface area contributed by atoms with Crippen molar-refractivity contribution in [1.82, 2.24) is 5.32 Å². The number of hydrogen-bond acceptors (Lipinski definition) is 2. The number of nitrogens with one attached hydrogen (secondary N) is 1. The maximum absolute atomic E-state index is 6.09. The molecule has 1 heterocycles. The van der Waals surface area contributed by atoms with Crippen molar-refractivity contribution < 1.29 is 0 Å². The van der Waals surface area contributed by atoms with E-state index in [0.717, 1.165) is 6.42 Å². The summed E-state index contributed by atoms with van der Waals surface area (Å²) in [6.45, 7) is 2.21. The second-order valence-corrected chi connectivity index (χ2v) is 6.73. The molecule has 1 fully saturated rings. The summed E-state index contributed by atoms with van der Waals surface area (Å²) in [7, 11) is 0. The van der Waals surface area contributed by atoms with Gasteiger partial charge < -0.3 is 5.32 Å². The number of rotatable bonds is 4. The molecule has 4 heteroatoms. The van der Waals surface area contributed by atoms with Gasteiger partial charge in [0.15, 0.2) is 0 Å².